The van der Waals surface area contributed by atoms with Crippen molar-refractivity contribution in [3.8, 4) is 0 Å². The van der Waals surface area contributed by atoms with Crippen LogP contribution in [0.3, 0.4) is 0 Å². The van der Waals surface area contributed by atoms with Crippen molar-refractivity contribution in [1.29, 1.82) is 0 Å². The third-order valence-corrected chi connectivity index (χ3v) is 14.2. The van der Waals surface area contributed by atoms with Gasteiger partial charge in [0, 0.05) is 50.3 Å². The average molecular weight is 921 g/mol. The molecule has 2 aromatic heterocycles. The van der Waals surface area contributed by atoms with Gasteiger partial charge in [-0.1, -0.05) is 88.5 Å². The molecule has 4 aliphatic rings. The summed E-state index contributed by atoms with van der Waals surface area (Å²) in [7, 11) is 0. The van der Waals surface area contributed by atoms with Gasteiger partial charge in [-0.05, 0) is 96.4 Å². The molecule has 2 aliphatic heterocycles. The number of carbonyl (C=O) groups excluding carboxylic acids is 1. The van der Waals surface area contributed by atoms with Crippen LogP contribution in [0.4, 0.5) is 11.6 Å². The summed E-state index contributed by atoms with van der Waals surface area (Å²) < 4.78 is 8.86. The molecule has 0 bridgehead atoms. The fourth-order valence-corrected chi connectivity index (χ4v) is 10.6. The summed E-state index contributed by atoms with van der Waals surface area (Å²) in [5.41, 5.74) is 2.78. The molecule has 0 amide bonds. The minimum atomic E-state index is -1.01. The van der Waals surface area contributed by atoms with E-state index in [2.05, 4.69) is 30.4 Å². The summed E-state index contributed by atoms with van der Waals surface area (Å²) in [6.07, 6.45) is 22.5. The van der Waals surface area contributed by atoms with Crippen LogP contribution < -0.4 is 51.3 Å². The van der Waals surface area contributed by atoms with Crippen molar-refractivity contribution < 1.29 is 54.5 Å². The molecule has 8 rings (SSSR count). The van der Waals surface area contributed by atoms with Crippen molar-refractivity contribution in [2.45, 2.75) is 173 Å². The van der Waals surface area contributed by atoms with E-state index in [4.69, 9.17) is 4.74 Å². The second kappa shape index (κ2) is 26.0. The van der Waals surface area contributed by atoms with E-state index in [1.807, 2.05) is 57.7 Å². The van der Waals surface area contributed by atoms with Crippen LogP contribution in [0.25, 0.3) is 22.1 Å². The van der Waals surface area contributed by atoms with E-state index in [9.17, 15) is 24.3 Å². The van der Waals surface area contributed by atoms with Gasteiger partial charge in [-0.2, -0.15) is 0 Å². The smallest absolute Gasteiger partial charge is 0.870 e. The first-order valence-electron chi connectivity index (χ1n) is 24.6. The Morgan fingerprint density at radius 3 is 1.35 bits per heavy atom. The van der Waals surface area contributed by atoms with Gasteiger partial charge in [-0.25, -0.2) is 14.8 Å². The molecular weight excluding hydrogens is 848 g/mol. The van der Waals surface area contributed by atoms with E-state index < -0.39 is 18.1 Å². The third-order valence-electron chi connectivity index (χ3n) is 14.2. The Bertz CT molecular complexity index is 2270. The van der Waals surface area contributed by atoms with Crippen LogP contribution in [0.5, 0.6) is 0 Å². The number of piperidine rings is 2. The van der Waals surface area contributed by atoms with Crippen molar-refractivity contribution in [1.82, 2.24) is 28.9 Å². The number of nitrogens with zero attached hydrogens (tertiary/aromatic N) is 6. The van der Waals surface area contributed by atoms with Crippen LogP contribution in [0, 0.1) is 0 Å². The van der Waals surface area contributed by atoms with Crippen LogP contribution in [-0.2, 0) is 14.3 Å². The number of fused-ring (bicyclic) bond motifs is 2. The van der Waals surface area contributed by atoms with Crippen LogP contribution >= 0.6 is 0 Å². The van der Waals surface area contributed by atoms with Crippen LogP contribution in [-0.4, -0.2) is 108 Å². The molecule has 4 aromatic rings. The maximum atomic E-state index is 13.5. The van der Waals surface area contributed by atoms with E-state index in [1.54, 1.807) is 13.8 Å². The number of aromatic nitrogens is 4. The molecular formula is C50H73N8NaO7. The van der Waals surface area contributed by atoms with E-state index in [0.29, 0.717) is 24.2 Å². The Labute approximate surface area is 412 Å². The minimum absolute atomic E-state index is 0. The summed E-state index contributed by atoms with van der Waals surface area (Å²) >= 11 is 0. The van der Waals surface area contributed by atoms with Crippen LogP contribution in [0.2, 0.25) is 0 Å². The standard InChI is InChI=1S/C26H38N4O3.C24H34N4O3.Na.H2O/c1-3-33-26(32)19(2)27-24-25(31)30(23-14-10-9-13-22(23)28-24)21-15-17-29(18-16-21)20-11-7-5-4-6-8-12-20;1-17(24(30)31)25-22-23(29)28(21-12-8-7-11-20(21)26-22)19-13-15-27(16-14-19)18-9-5-3-2-4-6-10-18;;/h9-10,13-14,19-21H,3-8,11-12,15-18H2,1-2H3,(H,27,28);7-8,11-12,17-19H,2-6,9-10,13-16H2,1H3,(H,25,26)(H,30,31);;1H2/q;;+1;/p-1. The first kappa shape index (κ1) is 53.1. The van der Waals surface area contributed by atoms with Crippen molar-refractivity contribution in [3.63, 3.8) is 0 Å². The minimum Gasteiger partial charge on any atom is -0.870 e. The number of hydrogen-bond acceptors (Lipinski definition) is 12. The molecule has 2 unspecified atom stereocenters. The Morgan fingerprint density at radius 1 is 0.606 bits per heavy atom. The monoisotopic (exact) mass is 921 g/mol. The number of anilines is 2. The zero-order chi connectivity index (χ0) is 45.0. The molecule has 0 spiro atoms. The van der Waals surface area contributed by atoms with Gasteiger partial charge >= 0.3 is 41.5 Å². The number of ether oxygens (including phenoxy) is 1. The van der Waals surface area contributed by atoms with Gasteiger partial charge in [0.25, 0.3) is 11.1 Å². The van der Waals surface area contributed by atoms with Gasteiger partial charge in [-0.15, -0.1) is 0 Å². The zero-order valence-corrected chi connectivity index (χ0v) is 42.0. The van der Waals surface area contributed by atoms with Gasteiger partial charge in [0.1, 0.15) is 12.1 Å². The fraction of sp³-hybridized carbons (Fsp3) is 0.640. The molecule has 4 fully saturated rings. The normalized spacial score (nSPS) is 19.9. The third kappa shape index (κ3) is 13.4. The first-order chi connectivity index (χ1) is 31.1. The van der Waals surface area contributed by atoms with E-state index in [-0.39, 0.29) is 75.8 Å². The van der Waals surface area contributed by atoms with Crippen LogP contribution in [0.1, 0.15) is 148 Å². The number of benzene rings is 2. The molecule has 356 valence electrons. The molecule has 4 N–H and O–H groups in total. The second-order valence-corrected chi connectivity index (χ2v) is 18.6. The number of rotatable bonds is 11. The predicted molar refractivity (Wildman–Crippen MR) is 256 cm³/mol. The summed E-state index contributed by atoms with van der Waals surface area (Å²) in [6.45, 7) is 9.37. The Kier molecular flexibility index (Phi) is 21.0. The quantitative estimate of drug-likeness (QED) is 0.129. The number of carboxylic acid groups (broad SMARTS) is 1. The predicted octanol–water partition coefficient (Wildman–Crippen LogP) is 5.37. The van der Waals surface area contributed by atoms with Crippen LogP contribution in [0.15, 0.2) is 58.1 Å². The summed E-state index contributed by atoms with van der Waals surface area (Å²) in [5.74, 6) is -1.05. The van der Waals surface area contributed by atoms with E-state index >= 15 is 0 Å². The van der Waals surface area contributed by atoms with E-state index in [0.717, 1.165) is 68.4 Å². The number of carbonyl (C=O) groups is 2. The number of carboxylic acids is 1. The van der Waals surface area contributed by atoms with Gasteiger partial charge in [0.2, 0.25) is 0 Å². The zero-order valence-electron chi connectivity index (χ0n) is 40.0. The molecule has 2 saturated carbocycles. The molecule has 2 aliphatic carbocycles. The number of aliphatic carboxylic acids is 1. The van der Waals surface area contributed by atoms with Gasteiger partial charge < -0.3 is 44.9 Å². The molecule has 15 nitrogen and oxygen atoms in total. The molecule has 0 radical (unpaired) electrons. The number of likely N-dealkylation sites (tertiary alicyclic amines) is 2. The maximum Gasteiger partial charge on any atom is 1.00 e. The Balaban J connectivity index is 0.000000241. The summed E-state index contributed by atoms with van der Waals surface area (Å²) in [6, 6.07) is 15.5. The molecule has 66 heavy (non-hydrogen) atoms. The maximum absolute atomic E-state index is 13.5. The first-order valence-corrected chi connectivity index (χ1v) is 24.6. The largest absolute Gasteiger partial charge is 1.00 e. The van der Waals surface area contributed by atoms with Gasteiger partial charge in [0.05, 0.1) is 28.7 Å². The number of para-hydroxylation sites is 4. The van der Waals surface area contributed by atoms with Gasteiger partial charge in [-0.3, -0.25) is 14.4 Å². The summed E-state index contributed by atoms with van der Waals surface area (Å²) in [5, 5.41) is 15.1. The van der Waals surface area contributed by atoms with Crippen molar-refractivity contribution in [2.75, 3.05) is 43.4 Å². The number of hydrogen-bond donors (Lipinski definition) is 3. The Hall–Kier alpha value is -3.86. The molecule has 16 heteroatoms. The fourth-order valence-electron chi connectivity index (χ4n) is 10.6. The number of esters is 1. The van der Waals surface area contributed by atoms with Gasteiger partial charge in [0.15, 0.2) is 11.6 Å². The number of nitrogens with one attached hydrogen (secondary N) is 2. The van der Waals surface area contributed by atoms with Crippen molar-refractivity contribution in [2.24, 2.45) is 0 Å². The molecule has 2 atom stereocenters. The van der Waals surface area contributed by atoms with Crippen molar-refractivity contribution >= 4 is 45.6 Å². The average Bonchev–Trinajstić information content (AvgIpc) is 3.27. The Morgan fingerprint density at radius 2 is 0.970 bits per heavy atom. The second-order valence-electron chi connectivity index (χ2n) is 18.6. The molecule has 4 heterocycles. The topological polar surface area (TPSA) is 194 Å². The SMILES string of the molecule is CC(Nc1nc2ccccc2n(C2CCN(C3CCCCCCC3)CC2)c1=O)C(=O)O.CCOC(=O)C(C)Nc1nc2ccccc2n(C2CCN(C3CCCCCCC3)CC2)c1=O.[Na+].[OH-]. The molecule has 2 aromatic carbocycles. The molecule has 2 saturated heterocycles. The van der Waals surface area contributed by atoms with Crippen molar-refractivity contribution in [3.05, 3.63) is 69.2 Å². The van der Waals surface area contributed by atoms with E-state index in [1.165, 1.54) is 96.8 Å². The summed E-state index contributed by atoms with van der Waals surface area (Å²) in [4.78, 5) is 64.6.